The Morgan fingerprint density at radius 2 is 1.41 bits per heavy atom. The standard InChI is InChI=1S/C17H20NO2PS/c1-11-10-12(2)14(4)17(13(11)3)18(21-22)20-16-8-6-15(19-5)7-9-16/h6-10H,1-5H3. The van der Waals surface area contributed by atoms with Gasteiger partial charge in [-0.2, -0.15) is 0 Å². The van der Waals surface area contributed by atoms with Crippen LogP contribution in [-0.2, 0) is 11.8 Å². The van der Waals surface area contributed by atoms with E-state index < -0.39 is 0 Å². The number of ether oxygens (including phenoxy) is 1. The van der Waals surface area contributed by atoms with Crippen molar-refractivity contribution in [3.8, 4) is 11.5 Å². The van der Waals surface area contributed by atoms with Crippen LogP contribution in [-0.4, -0.2) is 7.11 Å². The molecule has 22 heavy (non-hydrogen) atoms. The average Bonchev–Trinajstić information content (AvgIpc) is 2.52. The summed E-state index contributed by atoms with van der Waals surface area (Å²) in [5.74, 6) is 1.53. The van der Waals surface area contributed by atoms with Crippen molar-refractivity contribution in [2.75, 3.05) is 11.9 Å². The number of rotatable bonds is 5. The summed E-state index contributed by atoms with van der Waals surface area (Å²) in [6, 6.07) is 9.68. The van der Waals surface area contributed by atoms with E-state index in [-0.39, 0.29) is 0 Å². The highest BCUT2D eigenvalue weighted by Gasteiger charge is 2.16. The summed E-state index contributed by atoms with van der Waals surface area (Å²) in [5.41, 5.74) is 5.90. The summed E-state index contributed by atoms with van der Waals surface area (Å²) < 4.78 is 5.16. The molecular weight excluding hydrogens is 313 g/mol. The minimum atomic E-state index is 0.617. The lowest BCUT2D eigenvalue weighted by Gasteiger charge is -2.24. The highest BCUT2D eigenvalue weighted by molar-refractivity contribution is 7.97. The Morgan fingerprint density at radius 3 is 1.86 bits per heavy atom. The van der Waals surface area contributed by atoms with Crippen molar-refractivity contribution >= 4 is 25.0 Å². The third kappa shape index (κ3) is 3.40. The highest BCUT2D eigenvalue weighted by Crippen LogP contribution is 2.34. The van der Waals surface area contributed by atoms with Gasteiger partial charge < -0.3 is 9.57 Å². The number of hydrogen-bond donors (Lipinski definition) is 0. The molecule has 0 spiro atoms. The summed E-state index contributed by atoms with van der Waals surface area (Å²) in [7, 11) is 2.26. The number of anilines is 1. The average molecular weight is 333 g/mol. The zero-order valence-electron chi connectivity index (χ0n) is 13.5. The number of nitrogens with zero attached hydrogens (tertiary/aromatic N) is 1. The minimum Gasteiger partial charge on any atom is -0.497 e. The van der Waals surface area contributed by atoms with Crippen LogP contribution in [0.15, 0.2) is 30.3 Å². The minimum absolute atomic E-state index is 0.617. The largest absolute Gasteiger partial charge is 0.497 e. The lowest BCUT2D eigenvalue weighted by atomic mass is 9.99. The van der Waals surface area contributed by atoms with Gasteiger partial charge in [-0.3, -0.25) is 0 Å². The van der Waals surface area contributed by atoms with Crippen LogP contribution in [0.4, 0.5) is 5.69 Å². The van der Waals surface area contributed by atoms with Gasteiger partial charge in [-0.1, -0.05) is 6.07 Å². The van der Waals surface area contributed by atoms with Gasteiger partial charge >= 0.3 is 0 Å². The topological polar surface area (TPSA) is 21.7 Å². The number of methoxy groups -OCH3 is 1. The Kier molecular flexibility index (Phi) is 5.38. The molecule has 5 heteroatoms. The third-order valence-electron chi connectivity index (χ3n) is 3.84. The molecule has 2 aromatic carbocycles. The van der Waals surface area contributed by atoms with E-state index in [9.17, 15) is 0 Å². The predicted molar refractivity (Wildman–Crippen MR) is 95.8 cm³/mol. The third-order valence-corrected chi connectivity index (χ3v) is 4.72. The second kappa shape index (κ2) is 7.08. The molecule has 0 aliphatic rings. The zero-order valence-corrected chi connectivity index (χ0v) is 15.2. The molecule has 0 aromatic heterocycles. The fraction of sp³-hybridized carbons (Fsp3) is 0.294. The van der Waals surface area contributed by atoms with E-state index in [1.807, 2.05) is 24.3 Å². The van der Waals surface area contributed by atoms with Crippen molar-refractivity contribution in [1.82, 2.24) is 0 Å². The zero-order chi connectivity index (χ0) is 16.3. The lowest BCUT2D eigenvalue weighted by molar-refractivity contribution is 0.349. The van der Waals surface area contributed by atoms with E-state index in [0.29, 0.717) is 7.51 Å². The van der Waals surface area contributed by atoms with Crippen molar-refractivity contribution in [2.45, 2.75) is 27.7 Å². The highest BCUT2D eigenvalue weighted by atomic mass is 32.4. The molecule has 2 aromatic rings. The molecule has 0 bridgehead atoms. The smallest absolute Gasteiger partial charge is 0.156 e. The van der Waals surface area contributed by atoms with E-state index in [2.05, 4.69) is 33.8 Å². The molecule has 0 radical (unpaired) electrons. The van der Waals surface area contributed by atoms with Gasteiger partial charge in [0, 0.05) is 0 Å². The van der Waals surface area contributed by atoms with E-state index in [1.54, 1.807) is 11.9 Å². The van der Waals surface area contributed by atoms with E-state index in [0.717, 1.165) is 17.2 Å². The summed E-state index contributed by atoms with van der Waals surface area (Å²) >= 11 is 5.26. The van der Waals surface area contributed by atoms with Gasteiger partial charge in [0.25, 0.3) is 0 Å². The number of aryl methyl sites for hydroxylation is 2. The van der Waals surface area contributed by atoms with E-state index in [1.165, 1.54) is 22.3 Å². The molecule has 0 aliphatic carbocycles. The monoisotopic (exact) mass is 333 g/mol. The molecule has 0 amide bonds. The maximum absolute atomic E-state index is 5.98. The van der Waals surface area contributed by atoms with Gasteiger partial charge in [-0.25, -0.2) is 0 Å². The molecule has 0 saturated heterocycles. The van der Waals surface area contributed by atoms with E-state index in [4.69, 9.17) is 21.4 Å². The van der Waals surface area contributed by atoms with Crippen LogP contribution in [0.5, 0.6) is 11.5 Å². The van der Waals surface area contributed by atoms with Crippen LogP contribution < -0.4 is 14.4 Å². The fourth-order valence-corrected chi connectivity index (χ4v) is 3.18. The summed E-state index contributed by atoms with van der Waals surface area (Å²) in [6.45, 7) is 8.41. The quantitative estimate of drug-likeness (QED) is 0.563. The van der Waals surface area contributed by atoms with Crippen LogP contribution in [0.3, 0.4) is 0 Å². The normalized spacial score (nSPS) is 10.6. The van der Waals surface area contributed by atoms with Crippen molar-refractivity contribution in [3.05, 3.63) is 52.6 Å². The number of benzene rings is 2. The molecule has 0 aliphatic heterocycles. The van der Waals surface area contributed by atoms with Crippen LogP contribution in [0.1, 0.15) is 22.3 Å². The van der Waals surface area contributed by atoms with Gasteiger partial charge in [0.15, 0.2) is 5.75 Å². The van der Waals surface area contributed by atoms with E-state index >= 15 is 0 Å². The molecule has 0 fully saturated rings. The molecule has 2 rings (SSSR count). The van der Waals surface area contributed by atoms with Gasteiger partial charge in [0.1, 0.15) is 13.3 Å². The van der Waals surface area contributed by atoms with Crippen LogP contribution in [0.2, 0.25) is 0 Å². The van der Waals surface area contributed by atoms with Crippen LogP contribution in [0.25, 0.3) is 0 Å². The molecular formula is C17H20NO2PS. The van der Waals surface area contributed by atoms with Gasteiger partial charge in [-0.05, 0) is 86.0 Å². The molecule has 0 heterocycles. The Labute approximate surface area is 138 Å². The maximum atomic E-state index is 5.98. The molecule has 0 saturated carbocycles. The second-order valence-electron chi connectivity index (χ2n) is 5.23. The second-order valence-corrected chi connectivity index (χ2v) is 6.25. The van der Waals surface area contributed by atoms with Gasteiger partial charge in [0.05, 0.1) is 12.8 Å². The maximum Gasteiger partial charge on any atom is 0.156 e. The first kappa shape index (κ1) is 16.7. The summed E-state index contributed by atoms with van der Waals surface area (Å²) in [6.07, 6.45) is 0. The molecule has 0 atom stereocenters. The SMILES string of the molecule is COc1ccc(ON(P=S)c2c(C)c(C)cc(C)c2C)cc1. The fourth-order valence-electron chi connectivity index (χ4n) is 2.32. The Bertz CT molecular complexity index is 660. The van der Waals surface area contributed by atoms with Gasteiger partial charge in [0.2, 0.25) is 0 Å². The summed E-state index contributed by atoms with van der Waals surface area (Å²) in [4.78, 5) is 7.73. The first-order chi connectivity index (χ1) is 10.5. The molecule has 116 valence electrons. The summed E-state index contributed by atoms with van der Waals surface area (Å²) in [5, 5.41) is 0. The molecule has 0 unspecified atom stereocenters. The lowest BCUT2D eigenvalue weighted by Crippen LogP contribution is -2.18. The van der Waals surface area contributed by atoms with Crippen LogP contribution >= 0.6 is 7.51 Å². The molecule has 0 N–H and O–H groups in total. The van der Waals surface area contributed by atoms with Crippen molar-refractivity contribution < 1.29 is 9.57 Å². The van der Waals surface area contributed by atoms with Crippen molar-refractivity contribution in [2.24, 2.45) is 0 Å². The Balaban J connectivity index is 2.38. The molecule has 3 nitrogen and oxygen atoms in total. The first-order valence-corrected chi connectivity index (χ1v) is 8.86. The predicted octanol–water partition coefficient (Wildman–Crippen LogP) is 5.05. The first-order valence-electron chi connectivity index (χ1n) is 7.00. The Morgan fingerprint density at radius 1 is 0.909 bits per heavy atom. The van der Waals surface area contributed by atoms with Gasteiger partial charge in [-0.15, -0.1) is 4.83 Å². The Hall–Kier alpha value is -1.64. The number of hydrogen-bond acceptors (Lipinski definition) is 3. The van der Waals surface area contributed by atoms with Crippen molar-refractivity contribution in [3.63, 3.8) is 0 Å². The van der Waals surface area contributed by atoms with Crippen LogP contribution in [0, 0.1) is 27.7 Å². The van der Waals surface area contributed by atoms with Crippen molar-refractivity contribution in [1.29, 1.82) is 0 Å².